The van der Waals surface area contributed by atoms with Crippen LogP contribution in [0.1, 0.15) is 32.6 Å². The molecule has 0 aromatic rings. The minimum absolute atomic E-state index is 0. The van der Waals surface area contributed by atoms with E-state index in [-0.39, 0.29) is 23.3 Å². The zero-order chi connectivity index (χ0) is 12.1. The molecule has 0 saturated carbocycles. The van der Waals surface area contributed by atoms with E-state index in [1.807, 2.05) is 0 Å². The summed E-state index contributed by atoms with van der Waals surface area (Å²) in [6.45, 7) is 4.20. The Morgan fingerprint density at radius 2 is 1.94 bits per heavy atom. The molecular formula is C11H22BrN6+. The molecule has 0 fully saturated rings. The van der Waals surface area contributed by atoms with Crippen molar-refractivity contribution in [2.75, 3.05) is 20.3 Å². The lowest BCUT2D eigenvalue weighted by atomic mass is 10.2. The van der Waals surface area contributed by atoms with Crippen LogP contribution in [0.4, 0.5) is 0 Å². The number of hydrogen-bond acceptors (Lipinski definition) is 5. The first-order chi connectivity index (χ1) is 8.27. The van der Waals surface area contributed by atoms with E-state index in [1.165, 1.54) is 25.7 Å². The monoisotopic (exact) mass is 317 g/mol. The molecule has 0 radical (unpaired) electrons. The molecule has 2 rings (SSSR count). The molecule has 0 N–H and O–H groups in total. The maximum Gasteiger partial charge on any atom is 0.326 e. The van der Waals surface area contributed by atoms with Gasteiger partial charge in [0.1, 0.15) is 6.20 Å². The summed E-state index contributed by atoms with van der Waals surface area (Å²) in [4.78, 5) is 2.17. The van der Waals surface area contributed by atoms with Gasteiger partial charge in [0, 0.05) is 7.05 Å². The van der Waals surface area contributed by atoms with E-state index in [2.05, 4.69) is 51.9 Å². The molecule has 2 heterocycles. The third kappa shape index (κ3) is 3.35. The first kappa shape index (κ1) is 15.2. The van der Waals surface area contributed by atoms with E-state index in [0.29, 0.717) is 0 Å². The van der Waals surface area contributed by atoms with Crippen molar-refractivity contribution >= 4 is 17.0 Å². The van der Waals surface area contributed by atoms with Crippen LogP contribution in [0.5, 0.6) is 0 Å². The van der Waals surface area contributed by atoms with Crippen molar-refractivity contribution in [3.8, 4) is 0 Å². The van der Waals surface area contributed by atoms with Crippen LogP contribution in [0.15, 0.2) is 33.1 Å². The molecule has 0 amide bonds. The fourth-order valence-electron chi connectivity index (χ4n) is 2.37. The lowest BCUT2D eigenvalue weighted by Gasteiger charge is -2.32. The van der Waals surface area contributed by atoms with Crippen LogP contribution in [0.25, 0.3) is 0 Å². The smallest absolute Gasteiger partial charge is 0.326 e. The number of halogens is 1. The summed E-state index contributed by atoms with van der Waals surface area (Å²) in [5.74, 6) is 0. The van der Waals surface area contributed by atoms with Gasteiger partial charge in [-0.15, -0.1) is 17.0 Å². The van der Waals surface area contributed by atoms with Gasteiger partial charge in [0.2, 0.25) is 0 Å². The highest BCUT2D eigenvalue weighted by Gasteiger charge is 2.40. The fourth-order valence-corrected chi connectivity index (χ4v) is 2.37. The predicted octanol–water partition coefficient (Wildman–Crippen LogP) is 3.45. The Balaban J connectivity index is 0.00000162. The SMILES string of the molecule is Br.CCCCCC[N+]1(C2N=NN=N2)C=CN(C)C1. The Morgan fingerprint density at radius 1 is 1.22 bits per heavy atom. The third-order valence-corrected chi connectivity index (χ3v) is 3.34. The quantitative estimate of drug-likeness (QED) is 0.546. The molecule has 6 nitrogen and oxygen atoms in total. The van der Waals surface area contributed by atoms with Crippen LogP contribution in [-0.4, -0.2) is 35.9 Å². The second-order valence-corrected chi connectivity index (χ2v) is 4.84. The summed E-state index contributed by atoms with van der Waals surface area (Å²) >= 11 is 0. The minimum atomic E-state index is -0.169. The van der Waals surface area contributed by atoms with Crippen LogP contribution in [0, 0.1) is 0 Å². The summed E-state index contributed by atoms with van der Waals surface area (Å²) in [5, 5.41) is 15.5. The average molecular weight is 318 g/mol. The molecule has 1 atom stereocenters. The Labute approximate surface area is 119 Å². The van der Waals surface area contributed by atoms with Gasteiger partial charge in [-0.1, -0.05) is 30.0 Å². The Kier molecular flexibility index (Phi) is 5.87. The maximum absolute atomic E-state index is 4.11. The van der Waals surface area contributed by atoms with Crippen molar-refractivity contribution in [1.29, 1.82) is 0 Å². The molecule has 0 aromatic carbocycles. The van der Waals surface area contributed by atoms with Gasteiger partial charge < -0.3 is 4.90 Å². The minimum Gasteiger partial charge on any atom is -0.329 e. The Bertz CT molecular complexity index is 330. The zero-order valence-electron chi connectivity index (χ0n) is 11.1. The van der Waals surface area contributed by atoms with Crippen LogP contribution >= 0.6 is 17.0 Å². The number of unbranched alkanes of at least 4 members (excludes halogenated alkanes) is 3. The molecule has 2 aliphatic rings. The van der Waals surface area contributed by atoms with E-state index < -0.39 is 0 Å². The summed E-state index contributed by atoms with van der Waals surface area (Å²) in [6.07, 6.45) is 9.15. The lowest BCUT2D eigenvalue weighted by molar-refractivity contribution is -0.904. The van der Waals surface area contributed by atoms with Gasteiger partial charge in [0.05, 0.1) is 12.7 Å². The summed E-state index contributed by atoms with van der Waals surface area (Å²) < 4.78 is 0.743. The van der Waals surface area contributed by atoms with Crippen molar-refractivity contribution in [2.24, 2.45) is 20.7 Å². The first-order valence-corrected chi connectivity index (χ1v) is 6.33. The van der Waals surface area contributed by atoms with E-state index in [9.17, 15) is 0 Å². The van der Waals surface area contributed by atoms with E-state index in [0.717, 1.165) is 17.7 Å². The van der Waals surface area contributed by atoms with Gasteiger partial charge in [-0.3, -0.25) is 0 Å². The highest BCUT2D eigenvalue weighted by molar-refractivity contribution is 8.93. The van der Waals surface area contributed by atoms with Crippen molar-refractivity contribution < 1.29 is 4.48 Å². The van der Waals surface area contributed by atoms with Crippen LogP contribution in [0.2, 0.25) is 0 Å². The van der Waals surface area contributed by atoms with Gasteiger partial charge in [-0.25, -0.2) is 4.48 Å². The molecular weight excluding hydrogens is 296 g/mol. The largest absolute Gasteiger partial charge is 0.329 e. The molecule has 0 aromatic heterocycles. The molecule has 0 spiro atoms. The molecule has 102 valence electrons. The molecule has 0 saturated heterocycles. The maximum atomic E-state index is 4.11. The molecule has 1 unspecified atom stereocenters. The summed E-state index contributed by atoms with van der Waals surface area (Å²) in [5.41, 5.74) is 0. The Hall–Kier alpha value is -0.820. The topological polar surface area (TPSA) is 52.7 Å². The zero-order valence-corrected chi connectivity index (χ0v) is 12.8. The van der Waals surface area contributed by atoms with E-state index in [4.69, 9.17) is 0 Å². The van der Waals surface area contributed by atoms with E-state index >= 15 is 0 Å². The van der Waals surface area contributed by atoms with Gasteiger partial charge >= 0.3 is 6.29 Å². The molecule has 2 aliphatic heterocycles. The van der Waals surface area contributed by atoms with Gasteiger partial charge in [-0.05, 0) is 23.3 Å². The fraction of sp³-hybridized carbons (Fsp3) is 0.818. The lowest BCUT2D eigenvalue weighted by Crippen LogP contribution is -2.50. The first-order valence-electron chi connectivity index (χ1n) is 6.33. The second kappa shape index (κ2) is 6.94. The Morgan fingerprint density at radius 3 is 2.50 bits per heavy atom. The van der Waals surface area contributed by atoms with Gasteiger partial charge in [0.25, 0.3) is 0 Å². The molecule has 7 heteroatoms. The van der Waals surface area contributed by atoms with E-state index in [1.54, 1.807) is 0 Å². The number of rotatable bonds is 6. The van der Waals surface area contributed by atoms with Crippen LogP contribution in [0.3, 0.4) is 0 Å². The van der Waals surface area contributed by atoms with Crippen molar-refractivity contribution in [3.63, 3.8) is 0 Å². The highest BCUT2D eigenvalue weighted by atomic mass is 79.9. The number of hydrogen-bond donors (Lipinski definition) is 0. The van der Waals surface area contributed by atoms with Crippen LogP contribution in [-0.2, 0) is 0 Å². The predicted molar refractivity (Wildman–Crippen MR) is 74.9 cm³/mol. The van der Waals surface area contributed by atoms with Gasteiger partial charge in [0.15, 0.2) is 6.67 Å². The van der Waals surface area contributed by atoms with Crippen LogP contribution < -0.4 is 0 Å². The van der Waals surface area contributed by atoms with Crippen molar-refractivity contribution in [2.45, 2.75) is 38.9 Å². The highest BCUT2D eigenvalue weighted by Crippen LogP contribution is 2.27. The summed E-state index contributed by atoms with van der Waals surface area (Å²) in [6, 6.07) is 0. The average Bonchev–Trinajstić information content (AvgIpc) is 2.95. The second-order valence-electron chi connectivity index (χ2n) is 4.84. The van der Waals surface area contributed by atoms with Crippen molar-refractivity contribution in [1.82, 2.24) is 4.90 Å². The molecule has 18 heavy (non-hydrogen) atoms. The summed E-state index contributed by atoms with van der Waals surface area (Å²) in [7, 11) is 2.08. The molecule has 0 bridgehead atoms. The number of nitrogens with zero attached hydrogens (tertiary/aromatic N) is 6. The standard InChI is InChI=1S/C11H21N6.BrH/c1-3-4-5-6-8-17(9-7-16(2)10-17)11-12-14-15-13-11;/h7,9,11H,3-6,8,10H2,1-2H3;1H/q+1;. The number of quaternary nitrogens is 1. The van der Waals surface area contributed by atoms with Crippen molar-refractivity contribution in [3.05, 3.63) is 12.4 Å². The van der Waals surface area contributed by atoms with Gasteiger partial charge in [-0.2, -0.15) is 0 Å². The third-order valence-electron chi connectivity index (χ3n) is 3.34. The normalized spacial score (nSPS) is 26.0. The molecule has 0 aliphatic carbocycles.